The Morgan fingerprint density at radius 2 is 1.78 bits per heavy atom. The summed E-state index contributed by atoms with van der Waals surface area (Å²) < 4.78 is 16.6. The van der Waals surface area contributed by atoms with Crippen molar-refractivity contribution in [1.82, 2.24) is 5.32 Å². The van der Waals surface area contributed by atoms with Gasteiger partial charge in [-0.1, -0.05) is 42.8 Å². The van der Waals surface area contributed by atoms with Crippen LogP contribution in [0.15, 0.2) is 65.0 Å². The maximum absolute atomic E-state index is 13.8. The number of aryl methyl sites for hydroxylation is 1. The van der Waals surface area contributed by atoms with Crippen LogP contribution in [0.4, 0.5) is 0 Å². The molecule has 0 aromatic heterocycles. The maximum Gasteiger partial charge on any atom is 0.337 e. The second-order valence-electron chi connectivity index (χ2n) is 9.67. The molecule has 0 saturated heterocycles. The molecular weight excluding hydrogens is 454 g/mol. The number of methoxy groups -OCH3 is 2. The standard InChI is InChI=1S/C30H35NO5/c1-7-18(3)36-30(33)27-19(4)31-23-14-22(20-11-12-25(34-5)26(16-20)35-6)15-24(32)29(23)28(27)21-10-8-9-17(2)13-21/h8-13,16,18,22,28,31H,7,14-15H2,1-6H3/t18-,22+,28-/m0/s1. The molecule has 3 atom stereocenters. The van der Waals surface area contributed by atoms with E-state index < -0.39 is 5.92 Å². The lowest BCUT2D eigenvalue weighted by Crippen LogP contribution is -2.36. The van der Waals surface area contributed by atoms with Crippen LogP contribution in [-0.4, -0.2) is 32.1 Å². The summed E-state index contributed by atoms with van der Waals surface area (Å²) in [7, 11) is 3.21. The summed E-state index contributed by atoms with van der Waals surface area (Å²) in [5.74, 6) is 0.489. The van der Waals surface area contributed by atoms with Gasteiger partial charge in [-0.05, 0) is 62.8 Å². The number of hydrogen-bond donors (Lipinski definition) is 1. The van der Waals surface area contributed by atoms with Gasteiger partial charge in [0.05, 0.1) is 25.9 Å². The van der Waals surface area contributed by atoms with Crippen LogP contribution in [0.25, 0.3) is 0 Å². The lowest BCUT2D eigenvalue weighted by atomic mass is 9.71. The highest BCUT2D eigenvalue weighted by molar-refractivity contribution is 6.04. The Labute approximate surface area is 213 Å². The third-order valence-corrected chi connectivity index (χ3v) is 7.19. The molecule has 4 rings (SSSR count). The average Bonchev–Trinajstić information content (AvgIpc) is 2.86. The summed E-state index contributed by atoms with van der Waals surface area (Å²) in [6.07, 6.45) is 1.53. The average molecular weight is 490 g/mol. The minimum Gasteiger partial charge on any atom is -0.493 e. The second-order valence-corrected chi connectivity index (χ2v) is 9.67. The van der Waals surface area contributed by atoms with Crippen molar-refractivity contribution in [3.8, 4) is 11.5 Å². The number of dihydropyridines is 1. The molecule has 190 valence electrons. The summed E-state index contributed by atoms with van der Waals surface area (Å²) in [5.41, 5.74) is 5.80. The number of ketones is 1. The summed E-state index contributed by atoms with van der Waals surface area (Å²) in [5, 5.41) is 3.42. The molecule has 0 amide bonds. The van der Waals surface area contributed by atoms with Crippen molar-refractivity contribution in [2.45, 2.75) is 64.9 Å². The molecule has 36 heavy (non-hydrogen) atoms. The quantitative estimate of drug-likeness (QED) is 0.502. The number of nitrogens with one attached hydrogen (secondary N) is 1. The minimum absolute atomic E-state index is 0.0110. The highest BCUT2D eigenvalue weighted by Crippen LogP contribution is 2.46. The largest absolute Gasteiger partial charge is 0.493 e. The lowest BCUT2D eigenvalue weighted by Gasteiger charge is -2.37. The first-order valence-electron chi connectivity index (χ1n) is 12.5. The second kappa shape index (κ2) is 10.6. The fourth-order valence-electron chi connectivity index (χ4n) is 5.16. The normalized spacial score (nSPS) is 20.4. The highest BCUT2D eigenvalue weighted by Gasteiger charge is 2.41. The van der Waals surface area contributed by atoms with Gasteiger partial charge in [0.1, 0.15) is 0 Å². The van der Waals surface area contributed by atoms with Crippen LogP contribution in [0.3, 0.4) is 0 Å². The predicted octanol–water partition coefficient (Wildman–Crippen LogP) is 5.72. The number of ether oxygens (including phenoxy) is 3. The van der Waals surface area contributed by atoms with Crippen LogP contribution in [0.1, 0.15) is 68.6 Å². The van der Waals surface area contributed by atoms with Gasteiger partial charge in [0.25, 0.3) is 0 Å². The van der Waals surface area contributed by atoms with Gasteiger partial charge in [0.15, 0.2) is 17.3 Å². The van der Waals surface area contributed by atoms with Crippen LogP contribution in [0, 0.1) is 6.92 Å². The Hall–Kier alpha value is -3.54. The number of carbonyl (C=O) groups excluding carboxylic acids is 2. The van der Waals surface area contributed by atoms with Crippen LogP contribution < -0.4 is 14.8 Å². The molecular formula is C30H35NO5. The van der Waals surface area contributed by atoms with Crippen LogP contribution in [0.2, 0.25) is 0 Å². The zero-order valence-electron chi connectivity index (χ0n) is 21.9. The molecule has 0 bridgehead atoms. The molecule has 6 nitrogen and oxygen atoms in total. The summed E-state index contributed by atoms with van der Waals surface area (Å²) >= 11 is 0. The molecule has 2 aromatic rings. The molecule has 2 aliphatic rings. The van der Waals surface area contributed by atoms with Gasteiger partial charge in [-0.2, -0.15) is 0 Å². The van der Waals surface area contributed by atoms with E-state index >= 15 is 0 Å². The van der Waals surface area contributed by atoms with E-state index in [2.05, 4.69) is 11.4 Å². The Morgan fingerprint density at radius 3 is 2.44 bits per heavy atom. The van der Waals surface area contributed by atoms with E-state index in [0.717, 1.165) is 34.5 Å². The fraction of sp³-hybridized carbons (Fsp3) is 0.400. The number of rotatable bonds is 7. The van der Waals surface area contributed by atoms with E-state index in [1.807, 2.05) is 64.1 Å². The van der Waals surface area contributed by atoms with Crippen molar-refractivity contribution in [2.75, 3.05) is 14.2 Å². The molecule has 1 heterocycles. The van der Waals surface area contributed by atoms with Gasteiger partial charge in [0, 0.05) is 29.3 Å². The van der Waals surface area contributed by atoms with Crippen molar-refractivity contribution in [3.63, 3.8) is 0 Å². The molecule has 0 radical (unpaired) electrons. The molecule has 2 aromatic carbocycles. The number of Topliss-reactive ketones (excluding diaryl/α,β-unsaturated/α-hetero) is 1. The Kier molecular flexibility index (Phi) is 7.53. The van der Waals surface area contributed by atoms with Gasteiger partial charge in [-0.15, -0.1) is 0 Å². The van der Waals surface area contributed by atoms with E-state index in [9.17, 15) is 9.59 Å². The van der Waals surface area contributed by atoms with Gasteiger partial charge in [-0.3, -0.25) is 4.79 Å². The monoisotopic (exact) mass is 489 g/mol. The van der Waals surface area contributed by atoms with Crippen LogP contribution >= 0.6 is 0 Å². The molecule has 0 unspecified atom stereocenters. The molecule has 0 saturated carbocycles. The minimum atomic E-state index is -0.462. The van der Waals surface area contributed by atoms with Crippen molar-refractivity contribution in [3.05, 3.63) is 81.7 Å². The van der Waals surface area contributed by atoms with Crippen molar-refractivity contribution in [1.29, 1.82) is 0 Å². The third kappa shape index (κ3) is 4.90. The van der Waals surface area contributed by atoms with E-state index in [-0.39, 0.29) is 23.8 Å². The van der Waals surface area contributed by atoms with E-state index in [0.29, 0.717) is 35.5 Å². The van der Waals surface area contributed by atoms with E-state index in [1.54, 1.807) is 14.2 Å². The number of esters is 1. The Balaban J connectivity index is 1.76. The molecule has 0 spiro atoms. The first kappa shape index (κ1) is 25.5. The topological polar surface area (TPSA) is 73.9 Å². The third-order valence-electron chi connectivity index (χ3n) is 7.19. The van der Waals surface area contributed by atoms with E-state index in [4.69, 9.17) is 14.2 Å². The first-order valence-corrected chi connectivity index (χ1v) is 12.5. The number of carbonyl (C=O) groups is 2. The first-order chi connectivity index (χ1) is 17.3. The van der Waals surface area contributed by atoms with Crippen molar-refractivity contribution >= 4 is 11.8 Å². The summed E-state index contributed by atoms with van der Waals surface area (Å²) in [6, 6.07) is 13.8. The van der Waals surface area contributed by atoms with Crippen LogP contribution in [-0.2, 0) is 14.3 Å². The van der Waals surface area contributed by atoms with Gasteiger partial charge in [0.2, 0.25) is 0 Å². The fourth-order valence-corrected chi connectivity index (χ4v) is 5.16. The Bertz CT molecular complexity index is 1240. The summed E-state index contributed by atoms with van der Waals surface area (Å²) in [6.45, 7) is 7.78. The molecule has 1 aliphatic carbocycles. The van der Waals surface area contributed by atoms with Crippen LogP contribution in [0.5, 0.6) is 11.5 Å². The number of allylic oxidation sites excluding steroid dienone is 3. The summed E-state index contributed by atoms with van der Waals surface area (Å²) in [4.78, 5) is 27.1. The predicted molar refractivity (Wildman–Crippen MR) is 139 cm³/mol. The zero-order chi connectivity index (χ0) is 26.0. The molecule has 6 heteroatoms. The van der Waals surface area contributed by atoms with Gasteiger partial charge >= 0.3 is 5.97 Å². The smallest absolute Gasteiger partial charge is 0.337 e. The van der Waals surface area contributed by atoms with Gasteiger partial charge in [-0.25, -0.2) is 4.79 Å². The van der Waals surface area contributed by atoms with E-state index in [1.165, 1.54) is 0 Å². The highest BCUT2D eigenvalue weighted by atomic mass is 16.5. The maximum atomic E-state index is 13.8. The Morgan fingerprint density at radius 1 is 1.03 bits per heavy atom. The zero-order valence-corrected chi connectivity index (χ0v) is 21.9. The van der Waals surface area contributed by atoms with Crippen molar-refractivity contribution < 1.29 is 23.8 Å². The van der Waals surface area contributed by atoms with Crippen molar-refractivity contribution in [2.24, 2.45) is 0 Å². The van der Waals surface area contributed by atoms with Gasteiger partial charge < -0.3 is 19.5 Å². The molecule has 1 N–H and O–H groups in total. The number of hydrogen-bond acceptors (Lipinski definition) is 6. The molecule has 1 aliphatic heterocycles. The molecule has 0 fully saturated rings. The SMILES string of the molecule is CC[C@H](C)OC(=O)C1=C(C)NC2=C(C(=O)C[C@H](c3ccc(OC)c(OC)c3)C2)[C@H]1c1cccc(C)c1. The lowest BCUT2D eigenvalue weighted by molar-refractivity contribution is -0.144. The number of benzene rings is 2.